The number of carbonyl (C=O) groups is 2. The molecular weight excluding hydrogens is 210 g/mol. The number of esters is 1. The molecule has 5 heteroatoms. The molecule has 4 atom stereocenters. The van der Waals surface area contributed by atoms with Crippen molar-refractivity contribution >= 4 is 11.9 Å². The lowest BCUT2D eigenvalue weighted by atomic mass is 10.2. The van der Waals surface area contributed by atoms with E-state index in [9.17, 15) is 14.7 Å². The maximum atomic E-state index is 12.0. The van der Waals surface area contributed by atoms with E-state index < -0.39 is 18.1 Å². The van der Waals surface area contributed by atoms with Gasteiger partial charge in [-0.1, -0.05) is 6.92 Å². The first-order valence-electron chi connectivity index (χ1n) is 5.61. The van der Waals surface area contributed by atoms with Crippen molar-refractivity contribution in [2.24, 2.45) is 11.8 Å². The van der Waals surface area contributed by atoms with E-state index in [0.717, 1.165) is 6.42 Å². The average Bonchev–Trinajstić information content (AvgIpc) is 2.85. The van der Waals surface area contributed by atoms with E-state index in [4.69, 9.17) is 0 Å². The monoisotopic (exact) mass is 227 g/mol. The molecule has 90 valence electrons. The van der Waals surface area contributed by atoms with Gasteiger partial charge in [-0.25, -0.2) is 4.79 Å². The first-order valence-corrected chi connectivity index (χ1v) is 5.61. The predicted octanol–water partition coefficient (Wildman–Crippen LogP) is -0.223. The molecule has 0 spiro atoms. The molecule has 1 saturated carbocycles. The van der Waals surface area contributed by atoms with Gasteiger partial charge in [0.25, 0.3) is 0 Å². The zero-order valence-corrected chi connectivity index (χ0v) is 9.55. The molecule has 1 aliphatic heterocycles. The van der Waals surface area contributed by atoms with Gasteiger partial charge in [0.15, 0.2) is 0 Å². The van der Waals surface area contributed by atoms with Crippen molar-refractivity contribution in [3.8, 4) is 0 Å². The molecule has 16 heavy (non-hydrogen) atoms. The number of nitrogens with zero attached hydrogens (tertiary/aromatic N) is 1. The molecule has 2 aliphatic rings. The van der Waals surface area contributed by atoms with Crippen LogP contribution in [0.1, 0.15) is 19.8 Å². The molecule has 0 aromatic carbocycles. The van der Waals surface area contributed by atoms with Crippen LogP contribution in [-0.2, 0) is 14.3 Å². The topological polar surface area (TPSA) is 66.8 Å². The molecule has 1 heterocycles. The van der Waals surface area contributed by atoms with Gasteiger partial charge < -0.3 is 14.7 Å². The summed E-state index contributed by atoms with van der Waals surface area (Å²) in [6, 6.07) is -0.597. The van der Waals surface area contributed by atoms with Gasteiger partial charge in [0.05, 0.1) is 13.2 Å². The molecule has 1 amide bonds. The smallest absolute Gasteiger partial charge is 0.328 e. The minimum absolute atomic E-state index is 0.0144. The van der Waals surface area contributed by atoms with Crippen molar-refractivity contribution in [1.82, 2.24) is 4.90 Å². The number of ether oxygens (including phenoxy) is 1. The highest BCUT2D eigenvalue weighted by Gasteiger charge is 2.47. The highest BCUT2D eigenvalue weighted by atomic mass is 16.5. The zero-order chi connectivity index (χ0) is 11.9. The van der Waals surface area contributed by atoms with Crippen LogP contribution in [0, 0.1) is 11.8 Å². The highest BCUT2D eigenvalue weighted by Crippen LogP contribution is 2.40. The van der Waals surface area contributed by atoms with Crippen LogP contribution in [0.2, 0.25) is 0 Å². The first kappa shape index (κ1) is 11.4. The number of carbonyl (C=O) groups excluding carboxylic acids is 2. The molecule has 1 N–H and O–H groups in total. The SMILES string of the molecule is COC(=O)C1CC(O)CN1C(=O)C1CC1C. The highest BCUT2D eigenvalue weighted by molar-refractivity contribution is 5.88. The fraction of sp³-hybridized carbons (Fsp3) is 0.818. The summed E-state index contributed by atoms with van der Waals surface area (Å²) in [7, 11) is 1.30. The van der Waals surface area contributed by atoms with E-state index >= 15 is 0 Å². The van der Waals surface area contributed by atoms with Crippen molar-refractivity contribution in [3.63, 3.8) is 0 Å². The van der Waals surface area contributed by atoms with Crippen LogP contribution in [0.5, 0.6) is 0 Å². The fourth-order valence-electron chi connectivity index (χ4n) is 2.30. The molecule has 0 bridgehead atoms. The van der Waals surface area contributed by atoms with Gasteiger partial charge in [-0.15, -0.1) is 0 Å². The van der Waals surface area contributed by atoms with Crippen molar-refractivity contribution < 1.29 is 19.4 Å². The summed E-state index contributed by atoms with van der Waals surface area (Å²) in [4.78, 5) is 25.0. The summed E-state index contributed by atoms with van der Waals surface area (Å²) in [6.07, 6.45) is 0.570. The molecule has 4 unspecified atom stereocenters. The average molecular weight is 227 g/mol. The van der Waals surface area contributed by atoms with Gasteiger partial charge in [0.2, 0.25) is 5.91 Å². The number of hydrogen-bond donors (Lipinski definition) is 1. The number of β-amino-alcohol motifs (C(OH)–C–C–N with tert-alkyl or cyclic N) is 1. The van der Waals surface area contributed by atoms with Crippen molar-refractivity contribution in [3.05, 3.63) is 0 Å². The van der Waals surface area contributed by atoms with E-state index in [1.54, 1.807) is 0 Å². The third kappa shape index (κ3) is 1.91. The van der Waals surface area contributed by atoms with Crippen LogP contribution in [0.3, 0.4) is 0 Å². The number of rotatable bonds is 2. The molecule has 2 fully saturated rings. The lowest BCUT2D eigenvalue weighted by Gasteiger charge is -2.22. The Hall–Kier alpha value is -1.10. The van der Waals surface area contributed by atoms with Gasteiger partial charge in [-0.05, 0) is 12.3 Å². The maximum absolute atomic E-state index is 12.0. The molecule has 1 saturated heterocycles. The Morgan fingerprint density at radius 2 is 2.00 bits per heavy atom. The molecule has 2 rings (SSSR count). The summed E-state index contributed by atoms with van der Waals surface area (Å²) in [5.41, 5.74) is 0. The quantitative estimate of drug-likeness (QED) is 0.662. The number of aliphatic hydroxyl groups is 1. The number of amides is 1. The maximum Gasteiger partial charge on any atom is 0.328 e. The second kappa shape index (κ2) is 4.05. The minimum Gasteiger partial charge on any atom is -0.467 e. The van der Waals surface area contributed by atoms with Crippen LogP contribution >= 0.6 is 0 Å². The lowest BCUT2D eigenvalue weighted by molar-refractivity contribution is -0.151. The van der Waals surface area contributed by atoms with E-state index in [1.165, 1.54) is 12.0 Å². The van der Waals surface area contributed by atoms with Gasteiger partial charge in [-0.2, -0.15) is 0 Å². The number of methoxy groups -OCH3 is 1. The molecule has 0 aromatic rings. The van der Waals surface area contributed by atoms with Crippen LogP contribution in [0.15, 0.2) is 0 Å². The van der Waals surface area contributed by atoms with E-state index in [1.807, 2.05) is 6.92 Å². The van der Waals surface area contributed by atoms with Gasteiger partial charge in [0, 0.05) is 18.9 Å². The van der Waals surface area contributed by atoms with Crippen molar-refractivity contribution in [1.29, 1.82) is 0 Å². The number of hydrogen-bond acceptors (Lipinski definition) is 4. The summed E-state index contributed by atoms with van der Waals surface area (Å²) in [5.74, 6) is -0.00125. The van der Waals surface area contributed by atoms with Gasteiger partial charge in [0.1, 0.15) is 6.04 Å². The number of aliphatic hydroxyl groups excluding tert-OH is 1. The van der Waals surface area contributed by atoms with E-state index in [-0.39, 0.29) is 18.4 Å². The third-order valence-electron chi connectivity index (χ3n) is 3.46. The van der Waals surface area contributed by atoms with Gasteiger partial charge >= 0.3 is 5.97 Å². The molecular formula is C11H17NO4. The normalized spacial score (nSPS) is 37.3. The molecule has 1 aliphatic carbocycles. The summed E-state index contributed by atoms with van der Waals surface area (Å²) < 4.78 is 4.65. The van der Waals surface area contributed by atoms with Crippen molar-refractivity contribution in [2.75, 3.05) is 13.7 Å². The van der Waals surface area contributed by atoms with E-state index in [0.29, 0.717) is 12.3 Å². The second-order valence-electron chi connectivity index (χ2n) is 4.74. The van der Waals surface area contributed by atoms with Crippen LogP contribution < -0.4 is 0 Å². The molecule has 0 aromatic heterocycles. The first-order chi connectivity index (χ1) is 7.54. The lowest BCUT2D eigenvalue weighted by Crippen LogP contribution is -2.42. The van der Waals surface area contributed by atoms with Crippen LogP contribution in [0.25, 0.3) is 0 Å². The number of likely N-dealkylation sites (tertiary alicyclic amines) is 1. The Bertz CT molecular complexity index is 317. The summed E-state index contributed by atoms with van der Waals surface area (Å²) in [5, 5.41) is 9.53. The summed E-state index contributed by atoms with van der Waals surface area (Å²) in [6.45, 7) is 2.27. The Kier molecular flexibility index (Phi) is 2.88. The van der Waals surface area contributed by atoms with Crippen LogP contribution in [-0.4, -0.2) is 47.7 Å². The predicted molar refractivity (Wildman–Crippen MR) is 55.4 cm³/mol. The second-order valence-corrected chi connectivity index (χ2v) is 4.74. The Labute approximate surface area is 94.4 Å². The molecule has 0 radical (unpaired) electrons. The van der Waals surface area contributed by atoms with Crippen molar-refractivity contribution in [2.45, 2.75) is 31.9 Å². The Morgan fingerprint density at radius 3 is 2.50 bits per heavy atom. The standard InChI is InChI=1S/C11H17NO4/c1-6-3-8(6)10(14)12-5-7(13)4-9(12)11(15)16-2/h6-9,13H,3-5H2,1-2H3. The van der Waals surface area contributed by atoms with Gasteiger partial charge in [-0.3, -0.25) is 4.79 Å². The fourth-order valence-corrected chi connectivity index (χ4v) is 2.30. The third-order valence-corrected chi connectivity index (χ3v) is 3.46. The summed E-state index contributed by atoms with van der Waals surface area (Å²) >= 11 is 0. The largest absolute Gasteiger partial charge is 0.467 e. The minimum atomic E-state index is -0.609. The molecule has 5 nitrogen and oxygen atoms in total. The Morgan fingerprint density at radius 1 is 1.38 bits per heavy atom. The van der Waals surface area contributed by atoms with Crippen LogP contribution in [0.4, 0.5) is 0 Å². The Balaban J connectivity index is 2.06. The zero-order valence-electron chi connectivity index (χ0n) is 9.55. The van der Waals surface area contributed by atoms with E-state index in [2.05, 4.69) is 4.74 Å².